The minimum atomic E-state index is 0. The van der Waals surface area contributed by atoms with Crippen LogP contribution in [0.4, 0.5) is 5.69 Å². The van der Waals surface area contributed by atoms with E-state index >= 15 is 0 Å². The number of para-hydroxylation sites is 1. The lowest BCUT2D eigenvalue weighted by Gasteiger charge is -2.10. The molecule has 0 atom stereocenters. The van der Waals surface area contributed by atoms with Crippen molar-refractivity contribution in [1.82, 2.24) is 9.97 Å². The number of halogens is 2. The Labute approximate surface area is 136 Å². The Morgan fingerprint density at radius 1 is 1.05 bits per heavy atom. The Hall–Kier alpha value is -1.84. The maximum Gasteiger partial charge on any atom is 0.0725 e. The van der Waals surface area contributed by atoms with Crippen LogP contribution in [0.25, 0.3) is 10.9 Å². The van der Waals surface area contributed by atoms with E-state index < -0.39 is 0 Å². The molecule has 0 aliphatic heterocycles. The molecule has 21 heavy (non-hydrogen) atoms. The van der Waals surface area contributed by atoms with E-state index in [9.17, 15) is 0 Å². The van der Waals surface area contributed by atoms with E-state index in [1.807, 2.05) is 37.4 Å². The fraction of sp³-hybridized carbons (Fsp3) is 0.125. The fourth-order valence-corrected chi connectivity index (χ4v) is 2.15. The van der Waals surface area contributed by atoms with Crippen molar-refractivity contribution in [3.05, 3.63) is 66.1 Å². The molecular formula is C16H17Cl2N3. The zero-order valence-corrected chi connectivity index (χ0v) is 13.2. The SMILES string of the molecule is Cc1cc(NCc2cccnc2)c2ccccc2n1.Cl.Cl. The van der Waals surface area contributed by atoms with Gasteiger partial charge in [0.15, 0.2) is 0 Å². The van der Waals surface area contributed by atoms with Crippen molar-refractivity contribution in [3.8, 4) is 0 Å². The van der Waals surface area contributed by atoms with Crippen molar-refractivity contribution < 1.29 is 0 Å². The molecule has 0 saturated carbocycles. The second kappa shape index (κ2) is 7.81. The molecule has 1 aromatic carbocycles. The summed E-state index contributed by atoms with van der Waals surface area (Å²) >= 11 is 0. The number of fused-ring (bicyclic) bond motifs is 1. The standard InChI is InChI=1S/C16H15N3.2ClH/c1-12-9-16(14-6-2-3-7-15(14)19-12)18-11-13-5-4-8-17-10-13;;/h2-10H,11H2,1H3,(H,18,19);2*1H. The molecule has 0 fully saturated rings. The predicted molar refractivity (Wildman–Crippen MR) is 92.5 cm³/mol. The van der Waals surface area contributed by atoms with Crippen LogP contribution in [-0.4, -0.2) is 9.97 Å². The molecule has 5 heteroatoms. The van der Waals surface area contributed by atoms with Crippen LogP contribution < -0.4 is 5.32 Å². The van der Waals surface area contributed by atoms with Gasteiger partial charge >= 0.3 is 0 Å². The van der Waals surface area contributed by atoms with Crippen LogP contribution in [0, 0.1) is 6.92 Å². The highest BCUT2D eigenvalue weighted by molar-refractivity contribution is 5.91. The van der Waals surface area contributed by atoms with E-state index in [2.05, 4.69) is 33.5 Å². The summed E-state index contributed by atoms with van der Waals surface area (Å²) in [5.41, 5.74) is 4.33. The molecule has 0 aliphatic rings. The molecule has 0 aliphatic carbocycles. The lowest BCUT2D eigenvalue weighted by atomic mass is 10.1. The number of nitrogens with one attached hydrogen (secondary N) is 1. The summed E-state index contributed by atoms with van der Waals surface area (Å²) in [4.78, 5) is 8.66. The zero-order chi connectivity index (χ0) is 13.1. The number of hydrogen-bond acceptors (Lipinski definition) is 3. The molecule has 0 spiro atoms. The van der Waals surface area contributed by atoms with Crippen molar-refractivity contribution in [2.24, 2.45) is 0 Å². The van der Waals surface area contributed by atoms with Crippen molar-refractivity contribution in [2.75, 3.05) is 5.32 Å². The van der Waals surface area contributed by atoms with Crippen molar-refractivity contribution in [1.29, 1.82) is 0 Å². The molecule has 3 nitrogen and oxygen atoms in total. The minimum absolute atomic E-state index is 0. The van der Waals surface area contributed by atoms with Gasteiger partial charge in [-0.25, -0.2) is 0 Å². The van der Waals surface area contributed by atoms with Crippen LogP contribution in [0.1, 0.15) is 11.3 Å². The summed E-state index contributed by atoms with van der Waals surface area (Å²) in [5.74, 6) is 0. The minimum Gasteiger partial charge on any atom is -0.380 e. The molecular weight excluding hydrogens is 305 g/mol. The number of rotatable bonds is 3. The Morgan fingerprint density at radius 2 is 1.86 bits per heavy atom. The molecule has 2 heterocycles. The highest BCUT2D eigenvalue weighted by atomic mass is 35.5. The topological polar surface area (TPSA) is 37.8 Å². The Balaban J connectivity index is 0.00000110. The first-order valence-corrected chi connectivity index (χ1v) is 6.32. The van der Waals surface area contributed by atoms with Gasteiger partial charge in [-0.05, 0) is 30.7 Å². The highest BCUT2D eigenvalue weighted by Gasteiger charge is 2.03. The number of hydrogen-bond donors (Lipinski definition) is 1. The van der Waals surface area contributed by atoms with E-state index in [1.165, 1.54) is 5.56 Å². The van der Waals surface area contributed by atoms with Gasteiger partial charge in [-0.1, -0.05) is 24.3 Å². The highest BCUT2D eigenvalue weighted by Crippen LogP contribution is 2.23. The average Bonchev–Trinajstić information content (AvgIpc) is 2.45. The van der Waals surface area contributed by atoms with Gasteiger partial charge in [0.2, 0.25) is 0 Å². The van der Waals surface area contributed by atoms with Crippen molar-refractivity contribution >= 4 is 41.4 Å². The first-order chi connectivity index (χ1) is 9.33. The van der Waals surface area contributed by atoms with Crippen molar-refractivity contribution in [2.45, 2.75) is 13.5 Å². The summed E-state index contributed by atoms with van der Waals surface area (Å²) < 4.78 is 0. The maximum atomic E-state index is 4.54. The molecule has 3 aromatic rings. The van der Waals surface area contributed by atoms with Gasteiger partial charge in [0.1, 0.15) is 0 Å². The normalized spacial score (nSPS) is 9.57. The van der Waals surface area contributed by atoms with Gasteiger partial charge in [-0.15, -0.1) is 24.8 Å². The third-order valence-corrected chi connectivity index (χ3v) is 3.05. The lowest BCUT2D eigenvalue weighted by molar-refractivity contribution is 1.11. The van der Waals surface area contributed by atoms with Crippen LogP contribution in [0.3, 0.4) is 0 Å². The number of nitrogens with zero attached hydrogens (tertiary/aromatic N) is 2. The molecule has 0 amide bonds. The molecule has 0 radical (unpaired) electrons. The van der Waals surface area contributed by atoms with Crippen LogP contribution in [-0.2, 0) is 6.54 Å². The smallest absolute Gasteiger partial charge is 0.0725 e. The maximum absolute atomic E-state index is 4.54. The van der Waals surface area contributed by atoms with Gasteiger partial charge in [-0.2, -0.15) is 0 Å². The van der Waals surface area contributed by atoms with Crippen LogP contribution in [0.5, 0.6) is 0 Å². The van der Waals surface area contributed by atoms with E-state index in [1.54, 1.807) is 6.20 Å². The first kappa shape index (κ1) is 17.2. The molecule has 2 aromatic heterocycles. The summed E-state index contributed by atoms with van der Waals surface area (Å²) in [6.07, 6.45) is 3.67. The quantitative estimate of drug-likeness (QED) is 0.777. The summed E-state index contributed by atoms with van der Waals surface area (Å²) in [7, 11) is 0. The monoisotopic (exact) mass is 321 g/mol. The molecule has 0 unspecified atom stereocenters. The fourth-order valence-electron chi connectivity index (χ4n) is 2.15. The van der Waals surface area contributed by atoms with E-state index in [4.69, 9.17) is 0 Å². The number of benzene rings is 1. The van der Waals surface area contributed by atoms with Crippen LogP contribution >= 0.6 is 24.8 Å². The van der Waals surface area contributed by atoms with Gasteiger partial charge < -0.3 is 5.32 Å². The molecule has 0 bridgehead atoms. The first-order valence-electron chi connectivity index (χ1n) is 6.32. The zero-order valence-electron chi connectivity index (χ0n) is 11.6. The Kier molecular flexibility index (Phi) is 6.40. The van der Waals surface area contributed by atoms with Gasteiger partial charge in [0.05, 0.1) is 5.52 Å². The number of anilines is 1. The number of pyridine rings is 2. The molecule has 0 saturated heterocycles. The Bertz CT molecular complexity index is 702. The van der Waals surface area contributed by atoms with Gasteiger partial charge in [0.25, 0.3) is 0 Å². The second-order valence-corrected chi connectivity index (χ2v) is 4.54. The second-order valence-electron chi connectivity index (χ2n) is 4.54. The van der Waals surface area contributed by atoms with Crippen LogP contribution in [0.15, 0.2) is 54.9 Å². The van der Waals surface area contributed by atoms with E-state index in [-0.39, 0.29) is 24.8 Å². The Morgan fingerprint density at radius 3 is 2.62 bits per heavy atom. The predicted octanol–water partition coefficient (Wildman–Crippen LogP) is 4.39. The molecule has 110 valence electrons. The van der Waals surface area contributed by atoms with Gasteiger partial charge in [-0.3, -0.25) is 9.97 Å². The summed E-state index contributed by atoms with van der Waals surface area (Å²) in [5, 5.41) is 4.61. The van der Waals surface area contributed by atoms with Crippen LogP contribution in [0.2, 0.25) is 0 Å². The molecule has 1 N–H and O–H groups in total. The third-order valence-electron chi connectivity index (χ3n) is 3.05. The number of aromatic nitrogens is 2. The average molecular weight is 322 g/mol. The van der Waals surface area contributed by atoms with Gasteiger partial charge in [0, 0.05) is 35.7 Å². The lowest BCUT2D eigenvalue weighted by Crippen LogP contribution is -2.01. The summed E-state index contributed by atoms with van der Waals surface area (Å²) in [6.45, 7) is 2.78. The third kappa shape index (κ3) is 4.06. The summed E-state index contributed by atoms with van der Waals surface area (Å²) in [6, 6.07) is 14.3. The largest absolute Gasteiger partial charge is 0.380 e. The molecule has 3 rings (SSSR count). The number of aryl methyl sites for hydroxylation is 1. The van der Waals surface area contributed by atoms with E-state index in [0.717, 1.165) is 28.8 Å². The van der Waals surface area contributed by atoms with Crippen molar-refractivity contribution in [3.63, 3.8) is 0 Å². The van der Waals surface area contributed by atoms with E-state index in [0.29, 0.717) is 0 Å².